The molecule has 0 amide bonds. The second-order valence-electron chi connectivity index (χ2n) is 3.09. The van der Waals surface area contributed by atoms with E-state index in [2.05, 4.69) is 0 Å². The van der Waals surface area contributed by atoms with Crippen LogP contribution in [0, 0.1) is 11.8 Å². The molecule has 2 heteroatoms. The minimum atomic E-state index is -0.282. The Balaban J connectivity index is 2.54. The van der Waals surface area contributed by atoms with E-state index >= 15 is 0 Å². The maximum absolute atomic E-state index is 9.18. The van der Waals surface area contributed by atoms with Gasteiger partial charge < -0.3 is 10.2 Å². The van der Waals surface area contributed by atoms with Crippen LogP contribution in [0.4, 0.5) is 0 Å². The van der Waals surface area contributed by atoms with Gasteiger partial charge in [-0.25, -0.2) is 0 Å². The fraction of sp³-hybridized carbons (Fsp3) is 1.00. The molecule has 54 valence electrons. The summed E-state index contributed by atoms with van der Waals surface area (Å²) in [6.07, 6.45) is -0.00694. The van der Waals surface area contributed by atoms with Crippen molar-refractivity contribution in [2.45, 2.75) is 32.5 Å². The van der Waals surface area contributed by atoms with Crippen molar-refractivity contribution in [2.24, 2.45) is 11.8 Å². The van der Waals surface area contributed by atoms with Crippen LogP contribution >= 0.6 is 0 Å². The Labute approximate surface area is 55.5 Å². The first-order valence-corrected chi connectivity index (χ1v) is 3.49. The Hall–Kier alpha value is -0.0800. The van der Waals surface area contributed by atoms with Crippen molar-refractivity contribution in [2.75, 3.05) is 0 Å². The molecule has 0 unspecified atom stereocenters. The molecule has 0 aromatic rings. The summed E-state index contributed by atoms with van der Waals surface area (Å²) in [6.45, 7) is 3.96. The zero-order valence-electron chi connectivity index (χ0n) is 5.91. The van der Waals surface area contributed by atoms with Crippen molar-refractivity contribution in [1.82, 2.24) is 0 Å². The number of hydrogen-bond donors (Lipinski definition) is 2. The molecular weight excluding hydrogens is 116 g/mol. The lowest BCUT2D eigenvalue weighted by Gasteiger charge is -2.12. The first-order chi connectivity index (χ1) is 4.13. The molecule has 1 saturated carbocycles. The zero-order chi connectivity index (χ0) is 7.02. The third kappa shape index (κ3) is 1.10. The van der Waals surface area contributed by atoms with Crippen LogP contribution in [0.15, 0.2) is 0 Å². The van der Waals surface area contributed by atoms with Crippen molar-refractivity contribution in [3.8, 4) is 0 Å². The summed E-state index contributed by atoms with van der Waals surface area (Å²) in [5, 5.41) is 18.4. The monoisotopic (exact) mass is 130 g/mol. The zero-order valence-corrected chi connectivity index (χ0v) is 5.91. The van der Waals surface area contributed by atoms with E-state index in [1.54, 1.807) is 0 Å². The summed E-state index contributed by atoms with van der Waals surface area (Å²) >= 11 is 0. The van der Waals surface area contributed by atoms with Gasteiger partial charge in [-0.1, -0.05) is 13.8 Å². The topological polar surface area (TPSA) is 40.5 Å². The van der Waals surface area contributed by atoms with Gasteiger partial charge in [0.05, 0.1) is 12.2 Å². The molecule has 9 heavy (non-hydrogen) atoms. The van der Waals surface area contributed by atoms with Crippen molar-refractivity contribution < 1.29 is 10.2 Å². The van der Waals surface area contributed by atoms with Crippen molar-refractivity contribution in [3.05, 3.63) is 0 Å². The molecule has 0 bridgehead atoms. The number of aliphatic hydroxyl groups excluding tert-OH is 2. The van der Waals surface area contributed by atoms with Crippen LogP contribution in [-0.4, -0.2) is 22.4 Å². The largest absolute Gasteiger partial charge is 0.393 e. The molecule has 0 aromatic heterocycles. The van der Waals surface area contributed by atoms with Gasteiger partial charge in [0.25, 0.3) is 0 Å². The van der Waals surface area contributed by atoms with Gasteiger partial charge in [-0.15, -0.1) is 0 Å². The number of rotatable bonds is 0. The number of aliphatic hydroxyl groups is 2. The van der Waals surface area contributed by atoms with Gasteiger partial charge in [0, 0.05) is 0 Å². The highest BCUT2D eigenvalue weighted by molar-refractivity contribution is 4.85. The highest BCUT2D eigenvalue weighted by atomic mass is 16.3. The normalized spacial score (nSPS) is 52.0. The molecule has 0 radical (unpaired) electrons. The highest BCUT2D eigenvalue weighted by Crippen LogP contribution is 2.31. The summed E-state index contributed by atoms with van der Waals surface area (Å²) in [4.78, 5) is 0. The molecule has 0 aliphatic heterocycles. The SMILES string of the molecule is C[C@H]1[C@H](C)[C@@H](O)C[C@@H]1O. The Kier molecular flexibility index (Phi) is 1.78. The van der Waals surface area contributed by atoms with E-state index in [1.165, 1.54) is 0 Å². The van der Waals surface area contributed by atoms with Gasteiger partial charge in [-0.3, -0.25) is 0 Å². The van der Waals surface area contributed by atoms with Crippen LogP contribution in [0.2, 0.25) is 0 Å². The van der Waals surface area contributed by atoms with Crippen LogP contribution in [0.25, 0.3) is 0 Å². The standard InChI is InChI=1S/C7H14O2/c1-4-5(2)7(9)3-6(4)8/h4-9H,3H2,1-2H3/t4-,5-,6-,7-/m0/s1. The van der Waals surface area contributed by atoms with Gasteiger partial charge in [0.2, 0.25) is 0 Å². The van der Waals surface area contributed by atoms with Crippen molar-refractivity contribution in [1.29, 1.82) is 0 Å². The number of hydrogen-bond acceptors (Lipinski definition) is 2. The third-order valence-corrected chi connectivity index (χ3v) is 2.53. The van der Waals surface area contributed by atoms with E-state index in [1.807, 2.05) is 13.8 Å². The lowest BCUT2D eigenvalue weighted by molar-refractivity contribution is 0.123. The fourth-order valence-corrected chi connectivity index (χ4v) is 1.38. The molecule has 4 atom stereocenters. The first-order valence-electron chi connectivity index (χ1n) is 3.49. The Bertz CT molecular complexity index is 91.1. The molecule has 1 aliphatic rings. The van der Waals surface area contributed by atoms with E-state index in [-0.39, 0.29) is 24.0 Å². The average Bonchev–Trinajstić information content (AvgIpc) is 1.98. The molecule has 0 saturated heterocycles. The van der Waals surface area contributed by atoms with Crippen LogP contribution in [-0.2, 0) is 0 Å². The molecule has 2 nitrogen and oxygen atoms in total. The smallest absolute Gasteiger partial charge is 0.0594 e. The van der Waals surface area contributed by atoms with Crippen molar-refractivity contribution >= 4 is 0 Å². The molecule has 0 spiro atoms. The minimum Gasteiger partial charge on any atom is -0.393 e. The second kappa shape index (κ2) is 2.27. The lowest BCUT2D eigenvalue weighted by Crippen LogP contribution is -2.15. The third-order valence-electron chi connectivity index (χ3n) is 2.53. The van der Waals surface area contributed by atoms with Crippen molar-refractivity contribution in [3.63, 3.8) is 0 Å². The Morgan fingerprint density at radius 3 is 1.44 bits per heavy atom. The van der Waals surface area contributed by atoms with Crippen LogP contribution in [0.3, 0.4) is 0 Å². The summed E-state index contributed by atoms with van der Waals surface area (Å²) in [5.41, 5.74) is 0. The molecular formula is C7H14O2. The van der Waals surface area contributed by atoms with E-state index < -0.39 is 0 Å². The van der Waals surface area contributed by atoms with E-state index in [4.69, 9.17) is 0 Å². The molecule has 0 aromatic carbocycles. The molecule has 1 aliphatic carbocycles. The Morgan fingerprint density at radius 2 is 1.33 bits per heavy atom. The summed E-state index contributed by atoms with van der Waals surface area (Å²) in [6, 6.07) is 0. The quantitative estimate of drug-likeness (QED) is 0.498. The van der Waals surface area contributed by atoms with Gasteiger partial charge >= 0.3 is 0 Å². The molecule has 0 heterocycles. The van der Waals surface area contributed by atoms with Gasteiger partial charge in [0.15, 0.2) is 0 Å². The van der Waals surface area contributed by atoms with Crippen LogP contribution in [0.1, 0.15) is 20.3 Å². The summed E-state index contributed by atoms with van der Waals surface area (Å²) in [5.74, 6) is 0.528. The second-order valence-corrected chi connectivity index (χ2v) is 3.09. The molecule has 2 N–H and O–H groups in total. The van der Waals surface area contributed by atoms with Gasteiger partial charge in [-0.2, -0.15) is 0 Å². The predicted octanol–water partition coefficient (Wildman–Crippen LogP) is 0.384. The lowest BCUT2D eigenvalue weighted by atomic mass is 9.98. The van der Waals surface area contributed by atoms with Crippen LogP contribution in [0.5, 0.6) is 0 Å². The fourth-order valence-electron chi connectivity index (χ4n) is 1.38. The van der Waals surface area contributed by atoms with Gasteiger partial charge in [0.1, 0.15) is 0 Å². The Morgan fingerprint density at radius 1 is 1.00 bits per heavy atom. The maximum Gasteiger partial charge on any atom is 0.0594 e. The van der Waals surface area contributed by atoms with E-state index in [0.29, 0.717) is 6.42 Å². The minimum absolute atomic E-state index is 0.264. The van der Waals surface area contributed by atoms with Crippen LogP contribution < -0.4 is 0 Å². The predicted molar refractivity (Wildman–Crippen MR) is 35.0 cm³/mol. The average molecular weight is 130 g/mol. The first kappa shape index (κ1) is 7.03. The maximum atomic E-state index is 9.18. The van der Waals surface area contributed by atoms with E-state index in [9.17, 15) is 10.2 Å². The summed E-state index contributed by atoms with van der Waals surface area (Å²) in [7, 11) is 0. The van der Waals surface area contributed by atoms with Gasteiger partial charge in [-0.05, 0) is 18.3 Å². The molecule has 1 fully saturated rings. The summed E-state index contributed by atoms with van der Waals surface area (Å²) < 4.78 is 0. The highest BCUT2D eigenvalue weighted by Gasteiger charge is 2.35. The molecule has 1 rings (SSSR count). The van der Waals surface area contributed by atoms with E-state index in [0.717, 1.165) is 0 Å².